The fourth-order valence-corrected chi connectivity index (χ4v) is 4.37. The Labute approximate surface area is 155 Å². The lowest BCUT2D eigenvalue weighted by Gasteiger charge is -2.22. The summed E-state index contributed by atoms with van der Waals surface area (Å²) in [6.45, 7) is 3.59. The predicted molar refractivity (Wildman–Crippen MR) is 103 cm³/mol. The summed E-state index contributed by atoms with van der Waals surface area (Å²) >= 11 is 0. The summed E-state index contributed by atoms with van der Waals surface area (Å²) < 4.78 is 27.4. The first-order valence-corrected chi connectivity index (χ1v) is 10.2. The minimum absolute atomic E-state index is 0.249. The predicted octanol–water partition coefficient (Wildman–Crippen LogP) is 4.30. The van der Waals surface area contributed by atoms with Gasteiger partial charge in [-0.15, -0.1) is 5.11 Å². The van der Waals surface area contributed by atoms with Gasteiger partial charge in [-0.1, -0.05) is 29.5 Å². The Kier molecular flexibility index (Phi) is 5.56. The third-order valence-corrected chi connectivity index (χ3v) is 6.48. The van der Waals surface area contributed by atoms with E-state index in [0.717, 1.165) is 25.9 Å². The van der Waals surface area contributed by atoms with Gasteiger partial charge in [0.15, 0.2) is 0 Å². The van der Waals surface area contributed by atoms with Gasteiger partial charge in [0.2, 0.25) is 0 Å². The van der Waals surface area contributed by atoms with Crippen molar-refractivity contribution in [1.82, 2.24) is 5.01 Å². The zero-order valence-electron chi connectivity index (χ0n) is 15.2. The zero-order chi connectivity index (χ0) is 18.6. The second kappa shape index (κ2) is 7.86. The van der Waals surface area contributed by atoms with Crippen LogP contribution in [0.1, 0.15) is 24.8 Å². The van der Waals surface area contributed by atoms with Crippen LogP contribution in [0.4, 0.5) is 11.4 Å². The smallest absolute Gasteiger partial charge is 0.264 e. The molecule has 0 radical (unpaired) electrons. The summed E-state index contributed by atoms with van der Waals surface area (Å²) in [5, 5.41) is 10.4. The molecule has 1 aliphatic heterocycles. The summed E-state index contributed by atoms with van der Waals surface area (Å²) in [4.78, 5) is 0.249. The number of benzene rings is 2. The maximum atomic E-state index is 13.1. The Balaban J connectivity index is 1.88. The minimum atomic E-state index is -3.67. The van der Waals surface area contributed by atoms with E-state index in [-0.39, 0.29) is 4.90 Å². The van der Waals surface area contributed by atoms with Gasteiger partial charge in [0.1, 0.15) is 0 Å². The van der Waals surface area contributed by atoms with Crippen LogP contribution in [0, 0.1) is 6.92 Å². The average molecular weight is 372 g/mol. The van der Waals surface area contributed by atoms with E-state index in [9.17, 15) is 8.42 Å². The number of hydrogen-bond donors (Lipinski definition) is 0. The number of para-hydroxylation sites is 1. The molecule has 1 aliphatic rings. The second-order valence-electron chi connectivity index (χ2n) is 6.46. The fourth-order valence-electron chi connectivity index (χ4n) is 2.93. The van der Waals surface area contributed by atoms with E-state index < -0.39 is 10.0 Å². The second-order valence-corrected chi connectivity index (χ2v) is 8.40. The highest BCUT2D eigenvalue weighted by molar-refractivity contribution is 7.92. The molecule has 0 unspecified atom stereocenters. The number of anilines is 1. The lowest BCUT2D eigenvalue weighted by Crippen LogP contribution is -2.27. The third-order valence-electron chi connectivity index (χ3n) is 4.55. The molecule has 0 saturated carbocycles. The molecule has 1 heterocycles. The summed E-state index contributed by atoms with van der Waals surface area (Å²) in [6.07, 6.45) is 3.47. The molecule has 2 aromatic rings. The summed E-state index contributed by atoms with van der Waals surface area (Å²) in [5.41, 5.74) is 1.85. The maximum Gasteiger partial charge on any atom is 0.264 e. The monoisotopic (exact) mass is 372 g/mol. The molecule has 138 valence electrons. The number of rotatable bonds is 5. The number of aryl methyl sites for hydroxylation is 1. The Morgan fingerprint density at radius 2 is 1.69 bits per heavy atom. The van der Waals surface area contributed by atoms with E-state index in [4.69, 9.17) is 0 Å². The van der Waals surface area contributed by atoms with Crippen molar-refractivity contribution in [2.75, 3.05) is 24.4 Å². The van der Waals surface area contributed by atoms with Gasteiger partial charge < -0.3 is 0 Å². The van der Waals surface area contributed by atoms with Gasteiger partial charge >= 0.3 is 0 Å². The van der Waals surface area contributed by atoms with E-state index in [2.05, 4.69) is 10.3 Å². The summed E-state index contributed by atoms with van der Waals surface area (Å²) in [6, 6.07) is 14.2. The number of sulfonamides is 1. The fraction of sp³-hybridized carbons (Fsp3) is 0.368. The highest BCUT2D eigenvalue weighted by atomic mass is 32.2. The van der Waals surface area contributed by atoms with Crippen molar-refractivity contribution in [2.45, 2.75) is 31.1 Å². The van der Waals surface area contributed by atoms with Crippen molar-refractivity contribution >= 4 is 21.4 Å². The Bertz CT molecular complexity index is 876. The van der Waals surface area contributed by atoms with Crippen molar-refractivity contribution in [3.63, 3.8) is 0 Å². The molecule has 6 nitrogen and oxygen atoms in total. The van der Waals surface area contributed by atoms with E-state index in [1.54, 1.807) is 44.3 Å². The van der Waals surface area contributed by atoms with Gasteiger partial charge in [0, 0.05) is 20.1 Å². The highest BCUT2D eigenvalue weighted by Crippen LogP contribution is 2.28. The van der Waals surface area contributed by atoms with E-state index in [1.165, 1.54) is 10.7 Å². The molecule has 0 amide bonds. The molecule has 0 bridgehead atoms. The Morgan fingerprint density at radius 1 is 1.00 bits per heavy atom. The molecule has 0 aromatic heterocycles. The van der Waals surface area contributed by atoms with Gasteiger partial charge in [-0.05, 0) is 56.0 Å². The van der Waals surface area contributed by atoms with Crippen LogP contribution in [0.3, 0.4) is 0 Å². The molecule has 2 aromatic carbocycles. The standard InChI is InChI=1S/C19H24N4O2S/c1-16-11-12-17(20-21-23-13-7-4-8-14-23)15-19(16)26(24,25)22(2)18-9-5-3-6-10-18/h3,5-6,9-12,15H,4,7-8,13-14H2,1-2H3. The van der Waals surface area contributed by atoms with Crippen LogP contribution in [-0.2, 0) is 10.0 Å². The van der Waals surface area contributed by atoms with Crippen LogP contribution in [0.5, 0.6) is 0 Å². The van der Waals surface area contributed by atoms with E-state index >= 15 is 0 Å². The van der Waals surface area contributed by atoms with Crippen molar-refractivity contribution in [1.29, 1.82) is 0 Å². The first-order chi connectivity index (χ1) is 12.5. The lowest BCUT2D eigenvalue weighted by molar-refractivity contribution is 0.224. The maximum absolute atomic E-state index is 13.1. The quantitative estimate of drug-likeness (QED) is 0.735. The molecular weight excluding hydrogens is 348 g/mol. The lowest BCUT2D eigenvalue weighted by atomic mass is 10.2. The topological polar surface area (TPSA) is 65.3 Å². The van der Waals surface area contributed by atoms with Gasteiger partial charge in [0.25, 0.3) is 10.0 Å². The SMILES string of the molecule is Cc1ccc(N=NN2CCCCC2)cc1S(=O)(=O)N(C)c1ccccc1. The number of piperidine rings is 1. The molecule has 26 heavy (non-hydrogen) atoms. The van der Waals surface area contributed by atoms with Crippen molar-refractivity contribution in [3.8, 4) is 0 Å². The normalized spacial score (nSPS) is 15.4. The van der Waals surface area contributed by atoms with E-state index in [1.807, 2.05) is 23.2 Å². The Morgan fingerprint density at radius 3 is 2.38 bits per heavy atom. The molecule has 0 spiro atoms. The van der Waals surface area contributed by atoms with Crippen molar-refractivity contribution < 1.29 is 8.42 Å². The van der Waals surface area contributed by atoms with Crippen molar-refractivity contribution in [3.05, 3.63) is 54.1 Å². The first kappa shape index (κ1) is 18.4. The van der Waals surface area contributed by atoms with Crippen LogP contribution < -0.4 is 4.31 Å². The van der Waals surface area contributed by atoms with Gasteiger partial charge in [-0.3, -0.25) is 9.31 Å². The molecular formula is C19H24N4O2S. The summed E-state index contributed by atoms with van der Waals surface area (Å²) in [5.74, 6) is 0. The average Bonchev–Trinajstić information content (AvgIpc) is 2.68. The molecule has 0 atom stereocenters. The molecule has 0 N–H and O–H groups in total. The first-order valence-electron chi connectivity index (χ1n) is 8.80. The van der Waals surface area contributed by atoms with Crippen LogP contribution >= 0.6 is 0 Å². The molecule has 7 heteroatoms. The Hall–Kier alpha value is -2.41. The van der Waals surface area contributed by atoms with Gasteiger partial charge in [0.05, 0.1) is 16.3 Å². The van der Waals surface area contributed by atoms with Gasteiger partial charge in [-0.2, -0.15) is 0 Å². The largest absolute Gasteiger partial charge is 0.278 e. The molecule has 1 fully saturated rings. The van der Waals surface area contributed by atoms with Gasteiger partial charge in [-0.25, -0.2) is 8.42 Å². The van der Waals surface area contributed by atoms with Crippen LogP contribution in [0.15, 0.2) is 63.8 Å². The molecule has 3 rings (SSSR count). The van der Waals surface area contributed by atoms with Crippen LogP contribution in [0.25, 0.3) is 0 Å². The van der Waals surface area contributed by atoms with Crippen molar-refractivity contribution in [2.24, 2.45) is 10.3 Å². The van der Waals surface area contributed by atoms with E-state index in [0.29, 0.717) is 16.9 Å². The third kappa shape index (κ3) is 4.04. The zero-order valence-corrected chi connectivity index (χ0v) is 16.0. The minimum Gasteiger partial charge on any atom is -0.278 e. The number of hydrogen-bond acceptors (Lipinski definition) is 4. The summed E-state index contributed by atoms with van der Waals surface area (Å²) in [7, 11) is -2.11. The highest BCUT2D eigenvalue weighted by Gasteiger charge is 2.23. The van der Waals surface area contributed by atoms with Crippen LogP contribution in [0.2, 0.25) is 0 Å². The number of nitrogens with zero attached hydrogens (tertiary/aromatic N) is 4. The molecule has 0 aliphatic carbocycles. The molecule has 1 saturated heterocycles. The van der Waals surface area contributed by atoms with Crippen LogP contribution in [-0.4, -0.2) is 33.6 Å².